The van der Waals surface area contributed by atoms with E-state index in [0.29, 0.717) is 5.92 Å². The van der Waals surface area contributed by atoms with Crippen LogP contribution in [0.4, 0.5) is 0 Å². The van der Waals surface area contributed by atoms with Gasteiger partial charge in [0.05, 0.1) is 0 Å². The minimum absolute atomic E-state index is 0.268. The first-order chi connectivity index (χ1) is 8.04. The first kappa shape index (κ1) is 14.2. The molecule has 96 valence electrons. The molecule has 1 atom stereocenters. The summed E-state index contributed by atoms with van der Waals surface area (Å²) in [6.07, 6.45) is 2.30. The second kappa shape index (κ2) is 6.18. The highest BCUT2D eigenvalue weighted by Gasteiger charge is 2.21. The van der Waals surface area contributed by atoms with Crippen LogP contribution in [0.15, 0.2) is 12.1 Å². The molecule has 0 fully saturated rings. The maximum absolute atomic E-state index is 5.76. The number of hydrazine groups is 1. The Bertz CT molecular complexity index is 367. The van der Waals surface area contributed by atoms with Crippen LogP contribution in [0, 0.1) is 26.7 Å². The van der Waals surface area contributed by atoms with Crippen LogP contribution in [0.25, 0.3) is 0 Å². The van der Waals surface area contributed by atoms with Gasteiger partial charge in [-0.2, -0.15) is 0 Å². The molecular formula is C15H26N2. The Hall–Kier alpha value is -0.860. The van der Waals surface area contributed by atoms with Crippen LogP contribution < -0.4 is 11.3 Å². The Morgan fingerprint density at radius 2 is 1.53 bits per heavy atom. The van der Waals surface area contributed by atoms with Gasteiger partial charge in [-0.15, -0.1) is 0 Å². The summed E-state index contributed by atoms with van der Waals surface area (Å²) in [4.78, 5) is 0. The summed E-state index contributed by atoms with van der Waals surface area (Å²) in [5.74, 6) is 6.36. The third kappa shape index (κ3) is 3.08. The lowest BCUT2D eigenvalue weighted by molar-refractivity contribution is 0.344. The van der Waals surface area contributed by atoms with E-state index in [1.165, 1.54) is 22.3 Å². The molecule has 0 heterocycles. The average molecular weight is 234 g/mol. The lowest BCUT2D eigenvalue weighted by atomic mass is 9.85. The predicted octanol–water partition coefficient (Wildman–Crippen LogP) is 3.55. The number of hydrogen-bond donors (Lipinski definition) is 2. The van der Waals surface area contributed by atoms with E-state index in [1.54, 1.807) is 0 Å². The second-order valence-electron chi connectivity index (χ2n) is 5.01. The van der Waals surface area contributed by atoms with Gasteiger partial charge in [0.25, 0.3) is 0 Å². The third-order valence-corrected chi connectivity index (χ3v) is 3.92. The molecule has 1 aromatic rings. The summed E-state index contributed by atoms with van der Waals surface area (Å²) < 4.78 is 0. The van der Waals surface area contributed by atoms with Gasteiger partial charge in [0.1, 0.15) is 0 Å². The van der Waals surface area contributed by atoms with Crippen molar-refractivity contribution >= 4 is 0 Å². The molecule has 0 saturated carbocycles. The summed E-state index contributed by atoms with van der Waals surface area (Å²) in [6.45, 7) is 11.0. The number of aryl methyl sites for hydroxylation is 3. The Balaban J connectivity index is 3.15. The van der Waals surface area contributed by atoms with Gasteiger partial charge in [0, 0.05) is 6.04 Å². The van der Waals surface area contributed by atoms with Gasteiger partial charge in [-0.1, -0.05) is 38.8 Å². The quantitative estimate of drug-likeness (QED) is 0.604. The van der Waals surface area contributed by atoms with Crippen LogP contribution >= 0.6 is 0 Å². The van der Waals surface area contributed by atoms with Crippen molar-refractivity contribution in [3.05, 3.63) is 34.4 Å². The van der Waals surface area contributed by atoms with Crippen molar-refractivity contribution in [1.29, 1.82) is 0 Å². The molecule has 0 radical (unpaired) electrons. The number of hydrogen-bond acceptors (Lipinski definition) is 2. The van der Waals surface area contributed by atoms with Gasteiger partial charge in [0.15, 0.2) is 0 Å². The molecule has 0 saturated heterocycles. The molecule has 3 N–H and O–H groups in total. The zero-order chi connectivity index (χ0) is 13.0. The lowest BCUT2D eigenvalue weighted by Crippen LogP contribution is -2.33. The molecule has 2 nitrogen and oxygen atoms in total. The molecule has 0 aliphatic heterocycles. The summed E-state index contributed by atoms with van der Waals surface area (Å²) in [7, 11) is 0. The van der Waals surface area contributed by atoms with Gasteiger partial charge in [0.2, 0.25) is 0 Å². The zero-order valence-corrected chi connectivity index (χ0v) is 11.8. The Morgan fingerprint density at radius 3 is 2.00 bits per heavy atom. The summed E-state index contributed by atoms with van der Waals surface area (Å²) in [5.41, 5.74) is 8.39. The first-order valence-corrected chi connectivity index (χ1v) is 6.58. The number of benzene rings is 1. The molecule has 0 amide bonds. The highest BCUT2D eigenvalue weighted by Crippen LogP contribution is 2.30. The predicted molar refractivity (Wildman–Crippen MR) is 74.8 cm³/mol. The standard InChI is InChI=1S/C15H26N2/c1-6-13(7-2)15(17-16)14-9-11(4)10(3)8-12(14)5/h8-9,13,15,17H,6-7,16H2,1-5H3. The van der Waals surface area contributed by atoms with E-state index < -0.39 is 0 Å². The van der Waals surface area contributed by atoms with E-state index in [2.05, 4.69) is 52.2 Å². The maximum Gasteiger partial charge on any atom is 0.0490 e. The van der Waals surface area contributed by atoms with Crippen molar-refractivity contribution in [3.8, 4) is 0 Å². The SMILES string of the molecule is CCC(CC)C(NN)c1cc(C)c(C)cc1C. The highest BCUT2D eigenvalue weighted by atomic mass is 15.2. The van der Waals surface area contributed by atoms with Gasteiger partial charge >= 0.3 is 0 Å². The average Bonchev–Trinajstić information content (AvgIpc) is 2.31. The molecule has 0 aliphatic carbocycles. The monoisotopic (exact) mass is 234 g/mol. The zero-order valence-electron chi connectivity index (χ0n) is 11.8. The molecule has 0 spiro atoms. The molecule has 0 bridgehead atoms. The van der Waals surface area contributed by atoms with Crippen LogP contribution in [0.3, 0.4) is 0 Å². The van der Waals surface area contributed by atoms with Crippen molar-refractivity contribution in [2.45, 2.75) is 53.5 Å². The van der Waals surface area contributed by atoms with Crippen LogP contribution in [0.2, 0.25) is 0 Å². The molecule has 0 aromatic heterocycles. The number of rotatable bonds is 5. The molecule has 1 rings (SSSR count). The van der Waals surface area contributed by atoms with Crippen molar-refractivity contribution in [2.24, 2.45) is 11.8 Å². The van der Waals surface area contributed by atoms with E-state index in [-0.39, 0.29) is 6.04 Å². The fourth-order valence-corrected chi connectivity index (χ4v) is 2.56. The normalized spacial score (nSPS) is 13.1. The fraction of sp³-hybridized carbons (Fsp3) is 0.600. The van der Waals surface area contributed by atoms with Crippen LogP contribution in [0.5, 0.6) is 0 Å². The molecule has 2 heteroatoms. The molecule has 1 aromatic carbocycles. The van der Waals surface area contributed by atoms with E-state index in [9.17, 15) is 0 Å². The highest BCUT2D eigenvalue weighted by molar-refractivity contribution is 5.38. The van der Waals surface area contributed by atoms with Gasteiger partial charge < -0.3 is 0 Å². The number of nitrogens with one attached hydrogen (secondary N) is 1. The minimum Gasteiger partial charge on any atom is -0.271 e. The third-order valence-electron chi connectivity index (χ3n) is 3.92. The number of nitrogens with two attached hydrogens (primary N) is 1. The van der Waals surface area contributed by atoms with E-state index >= 15 is 0 Å². The molecular weight excluding hydrogens is 208 g/mol. The molecule has 0 aliphatic rings. The van der Waals surface area contributed by atoms with Crippen molar-refractivity contribution < 1.29 is 0 Å². The first-order valence-electron chi connectivity index (χ1n) is 6.58. The topological polar surface area (TPSA) is 38.0 Å². The van der Waals surface area contributed by atoms with Gasteiger partial charge in [-0.05, 0) is 48.9 Å². The Morgan fingerprint density at radius 1 is 1.00 bits per heavy atom. The smallest absolute Gasteiger partial charge is 0.0490 e. The van der Waals surface area contributed by atoms with E-state index in [4.69, 9.17) is 5.84 Å². The van der Waals surface area contributed by atoms with Crippen LogP contribution in [0.1, 0.15) is 55.0 Å². The van der Waals surface area contributed by atoms with Crippen LogP contribution in [-0.2, 0) is 0 Å². The minimum atomic E-state index is 0.268. The molecule has 17 heavy (non-hydrogen) atoms. The van der Waals surface area contributed by atoms with Gasteiger partial charge in [-0.25, -0.2) is 0 Å². The maximum atomic E-state index is 5.76. The van der Waals surface area contributed by atoms with E-state index in [1.807, 2.05) is 0 Å². The van der Waals surface area contributed by atoms with Gasteiger partial charge in [-0.3, -0.25) is 11.3 Å². The second-order valence-corrected chi connectivity index (χ2v) is 5.01. The molecule has 1 unspecified atom stereocenters. The summed E-state index contributed by atoms with van der Waals surface area (Å²) in [5, 5.41) is 0. The van der Waals surface area contributed by atoms with Crippen LogP contribution in [-0.4, -0.2) is 0 Å². The van der Waals surface area contributed by atoms with E-state index in [0.717, 1.165) is 12.8 Å². The summed E-state index contributed by atoms with van der Waals surface area (Å²) >= 11 is 0. The lowest BCUT2D eigenvalue weighted by Gasteiger charge is -2.27. The van der Waals surface area contributed by atoms with Crippen molar-refractivity contribution in [1.82, 2.24) is 5.43 Å². The fourth-order valence-electron chi connectivity index (χ4n) is 2.56. The summed E-state index contributed by atoms with van der Waals surface area (Å²) in [6, 6.07) is 4.81. The Labute approximate surface area is 106 Å². The van der Waals surface area contributed by atoms with Crippen molar-refractivity contribution in [2.75, 3.05) is 0 Å². The largest absolute Gasteiger partial charge is 0.271 e. The van der Waals surface area contributed by atoms with Crippen molar-refractivity contribution in [3.63, 3.8) is 0 Å². The Kier molecular flexibility index (Phi) is 5.16.